The van der Waals surface area contributed by atoms with Gasteiger partial charge in [0.05, 0.1) is 17.3 Å². The molecular weight excluding hydrogens is 693 g/mol. The number of carboxylic acid groups (broad SMARTS) is 1. The zero-order valence-corrected chi connectivity index (χ0v) is 26.4. The Kier molecular flexibility index (Phi) is 9.75. The first-order chi connectivity index (χ1) is 20.5. The van der Waals surface area contributed by atoms with Gasteiger partial charge in [0.2, 0.25) is 0 Å². The van der Waals surface area contributed by atoms with Crippen LogP contribution in [-0.4, -0.2) is 57.5 Å². The van der Waals surface area contributed by atoms with Crippen LogP contribution in [0.3, 0.4) is 0 Å². The molecule has 1 unspecified atom stereocenters. The highest BCUT2D eigenvalue weighted by molar-refractivity contribution is 9.10. The van der Waals surface area contributed by atoms with Crippen LogP contribution in [0.4, 0.5) is 23.8 Å². The standard InChI is InChI=1S/C27H27BrClF3N6O5S/c1-26(2)13-15(14-38(26)25(40)41)9-11-18(17-5-3-6-19(33-17)27(30,31)32)34-21-7-4-8-22(36-21)44(42,43)37-24(39)16-10-12-20(28)35-23(16)29/h3-8,10,12,15,18H,9,11,13-14H2,1-2H3,(H,34,36)(H,37,39)(H,40,41)/t15-,18?/m0/s1. The van der Waals surface area contributed by atoms with Gasteiger partial charge < -0.3 is 15.3 Å². The number of amides is 2. The summed E-state index contributed by atoms with van der Waals surface area (Å²) in [5, 5.41) is 11.8. The zero-order chi connectivity index (χ0) is 32.4. The third-order valence-electron chi connectivity index (χ3n) is 7.08. The van der Waals surface area contributed by atoms with Crippen molar-refractivity contribution < 1.29 is 36.3 Å². The second-order valence-electron chi connectivity index (χ2n) is 10.8. The van der Waals surface area contributed by atoms with E-state index in [9.17, 15) is 36.3 Å². The number of likely N-dealkylation sites (tertiary alicyclic amines) is 1. The van der Waals surface area contributed by atoms with Gasteiger partial charge in [-0.25, -0.2) is 24.5 Å². The molecule has 1 fully saturated rings. The number of aromatic nitrogens is 3. The first-order valence-electron chi connectivity index (χ1n) is 13.1. The van der Waals surface area contributed by atoms with Crippen molar-refractivity contribution in [2.75, 3.05) is 11.9 Å². The normalized spacial score (nSPS) is 17.2. The summed E-state index contributed by atoms with van der Waals surface area (Å²) in [5.41, 5.74) is -1.87. The Bertz CT molecular complexity index is 1680. The highest BCUT2D eigenvalue weighted by Crippen LogP contribution is 2.37. The Hall–Kier alpha value is -3.50. The summed E-state index contributed by atoms with van der Waals surface area (Å²) in [6, 6.07) is 9.21. The first kappa shape index (κ1) is 33.4. The smallest absolute Gasteiger partial charge is 0.433 e. The molecule has 1 saturated heterocycles. The maximum absolute atomic E-state index is 13.5. The molecule has 4 heterocycles. The average molecular weight is 720 g/mol. The monoisotopic (exact) mass is 718 g/mol. The minimum atomic E-state index is -4.70. The summed E-state index contributed by atoms with van der Waals surface area (Å²) in [4.78, 5) is 37.4. The number of nitrogens with zero attached hydrogens (tertiary/aromatic N) is 4. The van der Waals surface area contributed by atoms with Crippen LogP contribution in [0, 0.1) is 5.92 Å². The number of rotatable bonds is 9. The van der Waals surface area contributed by atoms with Gasteiger partial charge in [0.1, 0.15) is 21.3 Å². The van der Waals surface area contributed by atoms with Gasteiger partial charge in [-0.3, -0.25) is 4.79 Å². The van der Waals surface area contributed by atoms with E-state index in [0.717, 1.165) is 12.1 Å². The maximum atomic E-state index is 13.5. The highest BCUT2D eigenvalue weighted by atomic mass is 79.9. The van der Waals surface area contributed by atoms with Crippen molar-refractivity contribution in [3.05, 3.63) is 75.2 Å². The zero-order valence-electron chi connectivity index (χ0n) is 23.3. The number of sulfonamides is 1. The van der Waals surface area contributed by atoms with E-state index in [1.807, 2.05) is 4.72 Å². The summed E-state index contributed by atoms with van der Waals surface area (Å²) in [7, 11) is -4.51. The van der Waals surface area contributed by atoms with Crippen molar-refractivity contribution in [1.29, 1.82) is 0 Å². The topological polar surface area (TPSA) is 154 Å². The molecular formula is C27H27BrClF3N6O5S. The van der Waals surface area contributed by atoms with Gasteiger partial charge in [-0.1, -0.05) is 23.7 Å². The number of hydrogen-bond acceptors (Lipinski definition) is 8. The quantitative estimate of drug-likeness (QED) is 0.221. The number of nitrogens with one attached hydrogen (secondary N) is 2. The molecule has 0 saturated carbocycles. The summed E-state index contributed by atoms with van der Waals surface area (Å²) < 4.78 is 68.7. The molecule has 1 aliphatic heterocycles. The molecule has 17 heteroatoms. The molecule has 0 bridgehead atoms. The maximum Gasteiger partial charge on any atom is 0.433 e. The van der Waals surface area contributed by atoms with Crippen LogP contribution in [0.2, 0.25) is 5.15 Å². The third kappa shape index (κ3) is 7.95. The lowest BCUT2D eigenvalue weighted by atomic mass is 9.91. The third-order valence-corrected chi connectivity index (χ3v) is 9.04. The second-order valence-corrected chi connectivity index (χ2v) is 13.6. The number of anilines is 1. The summed E-state index contributed by atoms with van der Waals surface area (Å²) >= 11 is 9.06. The van der Waals surface area contributed by atoms with Gasteiger partial charge in [0.25, 0.3) is 15.9 Å². The molecule has 2 amide bonds. The number of carbonyl (C=O) groups is 2. The molecule has 0 aliphatic carbocycles. The van der Waals surface area contributed by atoms with E-state index in [0.29, 0.717) is 17.4 Å². The van der Waals surface area contributed by atoms with Crippen molar-refractivity contribution in [2.24, 2.45) is 5.92 Å². The van der Waals surface area contributed by atoms with E-state index in [-0.39, 0.29) is 41.1 Å². The van der Waals surface area contributed by atoms with E-state index in [1.54, 1.807) is 13.8 Å². The molecule has 0 radical (unpaired) electrons. The van der Waals surface area contributed by atoms with Crippen LogP contribution in [0.5, 0.6) is 0 Å². The molecule has 1 aliphatic rings. The van der Waals surface area contributed by atoms with Crippen molar-refractivity contribution in [3.8, 4) is 0 Å². The van der Waals surface area contributed by atoms with Crippen LogP contribution < -0.4 is 10.0 Å². The van der Waals surface area contributed by atoms with Crippen LogP contribution in [0.25, 0.3) is 0 Å². The van der Waals surface area contributed by atoms with Gasteiger partial charge in [-0.2, -0.15) is 21.6 Å². The number of pyridine rings is 3. The molecule has 44 heavy (non-hydrogen) atoms. The van der Waals surface area contributed by atoms with Crippen molar-refractivity contribution in [2.45, 2.75) is 55.9 Å². The minimum absolute atomic E-state index is 0.00760. The van der Waals surface area contributed by atoms with Crippen LogP contribution in [0.15, 0.2) is 58.2 Å². The molecule has 3 aromatic rings. The van der Waals surface area contributed by atoms with Gasteiger partial charge in [-0.05, 0) is 91.4 Å². The van der Waals surface area contributed by atoms with Crippen LogP contribution in [-0.2, 0) is 16.2 Å². The fourth-order valence-corrected chi connectivity index (χ4v) is 6.64. The lowest BCUT2D eigenvalue weighted by Gasteiger charge is -2.28. The second kappa shape index (κ2) is 12.9. The van der Waals surface area contributed by atoms with Gasteiger partial charge in [0, 0.05) is 12.1 Å². The van der Waals surface area contributed by atoms with Crippen molar-refractivity contribution in [1.82, 2.24) is 24.6 Å². The highest BCUT2D eigenvalue weighted by Gasteiger charge is 2.41. The van der Waals surface area contributed by atoms with E-state index in [2.05, 4.69) is 36.2 Å². The fraction of sp³-hybridized carbons (Fsp3) is 0.370. The Labute approximate surface area is 264 Å². The molecule has 236 valence electrons. The molecule has 3 N–H and O–H groups in total. The minimum Gasteiger partial charge on any atom is -0.465 e. The molecule has 0 aromatic carbocycles. The van der Waals surface area contributed by atoms with E-state index >= 15 is 0 Å². The number of alkyl halides is 3. The summed E-state index contributed by atoms with van der Waals surface area (Å²) in [5.74, 6) is -1.13. The average Bonchev–Trinajstić information content (AvgIpc) is 3.24. The molecule has 4 rings (SSSR count). The predicted molar refractivity (Wildman–Crippen MR) is 158 cm³/mol. The number of hydrogen-bond donors (Lipinski definition) is 3. The van der Waals surface area contributed by atoms with Crippen molar-refractivity contribution in [3.63, 3.8) is 0 Å². The fourth-order valence-electron chi connectivity index (χ4n) is 5.05. The Morgan fingerprint density at radius 3 is 2.48 bits per heavy atom. The van der Waals surface area contributed by atoms with E-state index in [1.165, 1.54) is 41.3 Å². The Morgan fingerprint density at radius 1 is 1.14 bits per heavy atom. The molecule has 0 spiro atoms. The molecule has 11 nitrogen and oxygen atoms in total. The first-order valence-corrected chi connectivity index (χ1v) is 15.8. The Balaban J connectivity index is 1.58. The predicted octanol–water partition coefficient (Wildman–Crippen LogP) is 6.14. The lowest BCUT2D eigenvalue weighted by Crippen LogP contribution is -2.41. The summed E-state index contributed by atoms with van der Waals surface area (Å²) in [6.45, 7) is 3.87. The van der Waals surface area contributed by atoms with Gasteiger partial charge in [0.15, 0.2) is 5.03 Å². The van der Waals surface area contributed by atoms with Crippen molar-refractivity contribution >= 4 is 55.4 Å². The Morgan fingerprint density at radius 2 is 1.84 bits per heavy atom. The largest absolute Gasteiger partial charge is 0.465 e. The van der Waals surface area contributed by atoms with Gasteiger partial charge >= 0.3 is 12.3 Å². The van der Waals surface area contributed by atoms with Crippen LogP contribution in [0.1, 0.15) is 60.9 Å². The SMILES string of the molecule is CC1(C)C[C@H](CCC(Nc2cccc(S(=O)(=O)NC(=O)c3ccc(Br)nc3Cl)n2)c2cccc(C(F)(F)F)n2)CN1C(=O)O. The lowest BCUT2D eigenvalue weighted by molar-refractivity contribution is -0.141. The van der Waals surface area contributed by atoms with E-state index < -0.39 is 50.5 Å². The van der Waals surface area contributed by atoms with Gasteiger partial charge in [-0.15, -0.1) is 0 Å². The number of carbonyl (C=O) groups excluding carboxylic acids is 1. The molecule has 2 atom stereocenters. The van der Waals surface area contributed by atoms with E-state index in [4.69, 9.17) is 11.6 Å². The number of halogens is 5. The molecule has 3 aromatic heterocycles. The summed E-state index contributed by atoms with van der Waals surface area (Å²) in [6.07, 6.45) is -4.55. The van der Waals surface area contributed by atoms with Crippen LogP contribution >= 0.6 is 27.5 Å².